The van der Waals surface area contributed by atoms with Crippen LogP contribution >= 0.6 is 0 Å². The lowest BCUT2D eigenvalue weighted by atomic mass is 9.79. The second-order valence-corrected chi connectivity index (χ2v) is 11.3. The number of hydrogen-bond donors (Lipinski definition) is 4. The van der Waals surface area contributed by atoms with Gasteiger partial charge in [0.25, 0.3) is 5.91 Å². The number of carbonyl (C=O) groups is 1. The molecule has 37 heavy (non-hydrogen) atoms. The molecule has 4 N–H and O–H groups in total. The number of aliphatic hydroxyl groups excluding tert-OH is 1. The highest BCUT2D eigenvalue weighted by molar-refractivity contribution is 5.96. The minimum absolute atomic E-state index is 0.00118. The Labute approximate surface area is 221 Å². The maximum absolute atomic E-state index is 13.2. The van der Waals surface area contributed by atoms with Crippen molar-refractivity contribution in [1.29, 1.82) is 0 Å². The van der Waals surface area contributed by atoms with Gasteiger partial charge >= 0.3 is 0 Å². The van der Waals surface area contributed by atoms with Crippen LogP contribution in [0.4, 0.5) is 0 Å². The van der Waals surface area contributed by atoms with Gasteiger partial charge in [-0.1, -0.05) is 75.8 Å². The molecule has 3 atom stereocenters. The topological polar surface area (TPSA) is 82.6 Å². The van der Waals surface area contributed by atoms with Crippen molar-refractivity contribution in [3.05, 3.63) is 69.8 Å². The van der Waals surface area contributed by atoms with E-state index in [0.717, 1.165) is 30.4 Å². The number of aliphatic hydroxyl groups is 1. The summed E-state index contributed by atoms with van der Waals surface area (Å²) in [6.07, 6.45) is 13.0. The molecule has 2 fully saturated rings. The second kappa shape index (κ2) is 11.6. The van der Waals surface area contributed by atoms with Crippen molar-refractivity contribution < 1.29 is 14.7 Å². The van der Waals surface area contributed by atoms with Gasteiger partial charge in [-0.25, -0.2) is 0 Å². The van der Waals surface area contributed by atoms with Crippen LogP contribution in [0.2, 0.25) is 0 Å². The summed E-state index contributed by atoms with van der Waals surface area (Å²) in [7, 11) is 0. The van der Waals surface area contributed by atoms with E-state index in [0.29, 0.717) is 11.5 Å². The third-order valence-electron chi connectivity index (χ3n) is 8.80. The SMILES string of the molecule is CCC1NC(c2ccc3c(c2)CC[C@H]3NC(=O)c2cc(CO)ccc2C)(C2CCCCCCCC2)NO1. The molecule has 6 nitrogen and oxygen atoms in total. The molecule has 0 bridgehead atoms. The fraction of sp³-hybridized carbons (Fsp3) is 0.581. The second-order valence-electron chi connectivity index (χ2n) is 11.3. The zero-order valence-corrected chi connectivity index (χ0v) is 22.4. The zero-order valence-electron chi connectivity index (χ0n) is 22.4. The lowest BCUT2D eigenvalue weighted by molar-refractivity contribution is -0.00548. The number of aryl methyl sites for hydroxylation is 2. The van der Waals surface area contributed by atoms with Crippen LogP contribution in [0.25, 0.3) is 0 Å². The Morgan fingerprint density at radius 2 is 1.81 bits per heavy atom. The van der Waals surface area contributed by atoms with Crippen LogP contribution in [-0.4, -0.2) is 17.2 Å². The quantitative estimate of drug-likeness (QED) is 0.407. The highest BCUT2D eigenvalue weighted by atomic mass is 16.7. The molecule has 2 unspecified atom stereocenters. The number of hydroxylamine groups is 1. The molecule has 6 heteroatoms. The standard InChI is InChI=1S/C31H43N3O3/c1-3-29-33-31(34-37-29,24-10-8-6-4-5-7-9-11-24)25-15-16-26-23(19-25)14-17-28(26)32-30(36)27-18-22(20-35)13-12-21(27)2/h12-13,15-16,18-19,24,28-29,33-35H,3-11,14,17,20H2,1-2H3,(H,32,36)/t28-,29?,31?/m1/s1. The predicted molar refractivity (Wildman–Crippen MR) is 146 cm³/mol. The van der Waals surface area contributed by atoms with Crippen molar-refractivity contribution in [2.45, 2.75) is 109 Å². The Kier molecular flexibility index (Phi) is 8.30. The van der Waals surface area contributed by atoms with Crippen LogP contribution < -0.4 is 16.1 Å². The van der Waals surface area contributed by atoms with Gasteiger partial charge in [0, 0.05) is 5.56 Å². The molecule has 2 aromatic rings. The van der Waals surface area contributed by atoms with Crippen LogP contribution in [0.1, 0.15) is 115 Å². The molecule has 2 aliphatic carbocycles. The Balaban J connectivity index is 1.39. The Bertz CT molecular complexity index is 1090. The van der Waals surface area contributed by atoms with Crippen molar-refractivity contribution >= 4 is 5.91 Å². The summed E-state index contributed by atoms with van der Waals surface area (Å²) in [5.41, 5.74) is 9.22. The molecule has 3 aliphatic rings. The lowest BCUT2D eigenvalue weighted by Gasteiger charge is -2.38. The minimum atomic E-state index is -0.372. The van der Waals surface area contributed by atoms with Crippen LogP contribution in [0.15, 0.2) is 36.4 Å². The summed E-state index contributed by atoms with van der Waals surface area (Å²) in [6.45, 7) is 4.03. The lowest BCUT2D eigenvalue weighted by Crippen LogP contribution is -2.53. The monoisotopic (exact) mass is 505 g/mol. The molecule has 1 heterocycles. The average molecular weight is 506 g/mol. The van der Waals surface area contributed by atoms with Gasteiger partial charge in [-0.15, -0.1) is 0 Å². The van der Waals surface area contributed by atoms with Crippen molar-refractivity contribution in [3.63, 3.8) is 0 Å². The van der Waals surface area contributed by atoms with E-state index in [2.05, 4.69) is 41.2 Å². The van der Waals surface area contributed by atoms with E-state index in [4.69, 9.17) is 4.84 Å². The summed E-state index contributed by atoms with van der Waals surface area (Å²) >= 11 is 0. The van der Waals surface area contributed by atoms with E-state index in [9.17, 15) is 9.90 Å². The molecule has 0 spiro atoms. The first-order valence-electron chi connectivity index (χ1n) is 14.4. The van der Waals surface area contributed by atoms with Gasteiger partial charge in [0.2, 0.25) is 0 Å². The fourth-order valence-corrected chi connectivity index (χ4v) is 6.57. The molecular weight excluding hydrogens is 462 g/mol. The molecule has 0 aromatic heterocycles. The number of fused-ring (bicyclic) bond motifs is 1. The summed E-state index contributed by atoms with van der Waals surface area (Å²) in [6, 6.07) is 12.4. The number of hydrogen-bond acceptors (Lipinski definition) is 5. The smallest absolute Gasteiger partial charge is 0.252 e. The third kappa shape index (κ3) is 5.49. The minimum Gasteiger partial charge on any atom is -0.392 e. The Morgan fingerprint density at radius 1 is 1.05 bits per heavy atom. The molecular formula is C31H43N3O3. The summed E-state index contributed by atoms with van der Waals surface area (Å²) in [4.78, 5) is 19.2. The van der Waals surface area contributed by atoms with E-state index in [1.54, 1.807) is 6.07 Å². The summed E-state index contributed by atoms with van der Waals surface area (Å²) in [5, 5.41) is 16.6. The van der Waals surface area contributed by atoms with Crippen molar-refractivity contribution in [2.75, 3.05) is 0 Å². The van der Waals surface area contributed by atoms with Gasteiger partial charge in [-0.3, -0.25) is 14.9 Å². The highest BCUT2D eigenvalue weighted by Crippen LogP contribution is 2.41. The van der Waals surface area contributed by atoms with E-state index in [-0.39, 0.29) is 30.4 Å². The molecule has 1 aliphatic heterocycles. The van der Waals surface area contributed by atoms with Crippen LogP contribution in [0.5, 0.6) is 0 Å². The van der Waals surface area contributed by atoms with Gasteiger partial charge in [-0.05, 0) is 78.8 Å². The number of benzene rings is 2. The molecule has 200 valence electrons. The van der Waals surface area contributed by atoms with Crippen LogP contribution in [0, 0.1) is 12.8 Å². The van der Waals surface area contributed by atoms with Crippen molar-refractivity contribution in [2.24, 2.45) is 5.92 Å². The largest absolute Gasteiger partial charge is 0.392 e. The van der Waals surface area contributed by atoms with Gasteiger partial charge in [-0.2, -0.15) is 5.48 Å². The first-order valence-corrected chi connectivity index (χ1v) is 14.4. The van der Waals surface area contributed by atoms with Crippen molar-refractivity contribution in [1.82, 2.24) is 16.1 Å². The van der Waals surface area contributed by atoms with E-state index in [1.807, 2.05) is 19.1 Å². The molecule has 1 saturated heterocycles. The zero-order chi connectivity index (χ0) is 25.8. The van der Waals surface area contributed by atoms with E-state index < -0.39 is 0 Å². The Morgan fingerprint density at radius 3 is 2.51 bits per heavy atom. The third-order valence-corrected chi connectivity index (χ3v) is 8.80. The fourth-order valence-electron chi connectivity index (χ4n) is 6.57. The molecule has 1 saturated carbocycles. The van der Waals surface area contributed by atoms with Crippen LogP contribution in [-0.2, 0) is 23.5 Å². The summed E-state index contributed by atoms with van der Waals surface area (Å²) < 4.78 is 0. The summed E-state index contributed by atoms with van der Waals surface area (Å²) in [5.74, 6) is 0.397. The number of carbonyl (C=O) groups excluding carboxylic acids is 1. The van der Waals surface area contributed by atoms with Gasteiger partial charge < -0.3 is 10.4 Å². The molecule has 0 radical (unpaired) electrons. The maximum atomic E-state index is 13.2. The highest BCUT2D eigenvalue weighted by Gasteiger charge is 2.46. The number of amides is 1. The average Bonchev–Trinajstić information content (AvgIpc) is 3.56. The van der Waals surface area contributed by atoms with Gasteiger partial charge in [0.05, 0.1) is 12.6 Å². The first-order chi connectivity index (χ1) is 18.0. The van der Waals surface area contributed by atoms with E-state index in [1.165, 1.54) is 68.1 Å². The maximum Gasteiger partial charge on any atom is 0.252 e. The molecule has 5 rings (SSSR count). The number of nitrogens with one attached hydrogen (secondary N) is 3. The first kappa shape index (κ1) is 26.4. The molecule has 2 aromatic carbocycles. The predicted octanol–water partition coefficient (Wildman–Crippen LogP) is 5.67. The molecule has 1 amide bonds. The van der Waals surface area contributed by atoms with Gasteiger partial charge in [0.15, 0.2) is 0 Å². The Hall–Kier alpha value is -2.25. The normalized spacial score (nSPS) is 26.8. The van der Waals surface area contributed by atoms with Crippen LogP contribution in [0.3, 0.4) is 0 Å². The van der Waals surface area contributed by atoms with Crippen molar-refractivity contribution in [3.8, 4) is 0 Å². The van der Waals surface area contributed by atoms with E-state index >= 15 is 0 Å². The number of rotatable bonds is 6. The van der Waals surface area contributed by atoms with Gasteiger partial charge in [0.1, 0.15) is 11.9 Å².